The van der Waals surface area contributed by atoms with Crippen LogP contribution >= 0.6 is 0 Å². The van der Waals surface area contributed by atoms with E-state index in [-0.39, 0.29) is 13.2 Å². The molecule has 0 aromatic carbocycles. The van der Waals surface area contributed by atoms with Crippen molar-refractivity contribution in [2.75, 3.05) is 19.8 Å². The molecule has 0 saturated carbocycles. The molecule has 1 aliphatic heterocycles. The molecule has 5 heteroatoms. The van der Waals surface area contributed by atoms with Gasteiger partial charge in [0, 0.05) is 0 Å². The topological polar surface area (TPSA) is 84.2 Å². The molecule has 0 aromatic heterocycles. The maximum atomic E-state index is 9.89. The van der Waals surface area contributed by atoms with Gasteiger partial charge in [-0.25, -0.2) is 0 Å². The largest absolute Gasteiger partial charge is 0.395 e. The van der Waals surface area contributed by atoms with Crippen LogP contribution in [0.15, 0.2) is 0 Å². The lowest BCUT2D eigenvalue weighted by molar-refractivity contribution is 0.0130. The number of hydrogen-bond acceptors (Lipinski definition) is 5. The third kappa shape index (κ3) is 5.49. The van der Waals surface area contributed by atoms with E-state index in [0.717, 1.165) is 12.8 Å². The molecule has 0 spiro atoms. The molecule has 5 nitrogen and oxygen atoms in total. The Bertz CT molecular complexity index is 249. The molecule has 0 unspecified atom stereocenters. The quantitative estimate of drug-likeness (QED) is 0.426. The van der Waals surface area contributed by atoms with E-state index in [1.54, 1.807) is 0 Å². The van der Waals surface area contributed by atoms with Crippen LogP contribution in [0.4, 0.5) is 0 Å². The summed E-state index contributed by atoms with van der Waals surface area (Å²) in [7, 11) is 0. The molecule has 0 bridgehead atoms. The summed E-state index contributed by atoms with van der Waals surface area (Å²) in [5.41, 5.74) is 0. The van der Waals surface area contributed by atoms with Gasteiger partial charge in [-0.05, 0) is 13.0 Å². The zero-order chi connectivity index (χ0) is 15.7. The second kappa shape index (κ2) is 10.5. The number of aliphatic hydroxyl groups is 4. The van der Waals surface area contributed by atoms with Gasteiger partial charge in [-0.3, -0.25) is 4.90 Å². The third-order valence-corrected chi connectivity index (χ3v) is 4.63. The molecule has 0 aromatic rings. The summed E-state index contributed by atoms with van der Waals surface area (Å²) in [5, 5.41) is 38.5. The molecule has 21 heavy (non-hydrogen) atoms. The molecule has 4 N–H and O–H groups in total. The second-order valence-electron chi connectivity index (χ2n) is 6.19. The zero-order valence-electron chi connectivity index (χ0n) is 13.3. The number of nitrogens with zero attached hydrogens (tertiary/aromatic N) is 1. The van der Waals surface area contributed by atoms with Crippen LogP contribution in [0.2, 0.25) is 0 Å². The average molecular weight is 303 g/mol. The van der Waals surface area contributed by atoms with Crippen LogP contribution < -0.4 is 0 Å². The van der Waals surface area contributed by atoms with E-state index in [4.69, 9.17) is 0 Å². The molecular formula is C16H33NO4. The smallest absolute Gasteiger partial charge is 0.0992 e. The van der Waals surface area contributed by atoms with Gasteiger partial charge in [0.2, 0.25) is 0 Å². The van der Waals surface area contributed by atoms with Crippen LogP contribution in [-0.2, 0) is 0 Å². The first-order chi connectivity index (χ1) is 10.2. The van der Waals surface area contributed by atoms with Crippen molar-refractivity contribution in [2.45, 2.75) is 82.6 Å². The number of hydrogen-bond donors (Lipinski definition) is 4. The van der Waals surface area contributed by atoms with Gasteiger partial charge in [0.1, 0.15) is 0 Å². The van der Waals surface area contributed by atoms with E-state index in [0.29, 0.717) is 6.54 Å². The number of rotatable bonds is 11. The van der Waals surface area contributed by atoms with E-state index in [1.807, 2.05) is 4.90 Å². The molecule has 4 atom stereocenters. The van der Waals surface area contributed by atoms with Gasteiger partial charge in [-0.15, -0.1) is 0 Å². The normalized spacial score (nSPS) is 30.1. The maximum Gasteiger partial charge on any atom is 0.0992 e. The fourth-order valence-electron chi connectivity index (χ4n) is 3.28. The second-order valence-corrected chi connectivity index (χ2v) is 6.19. The Labute approximate surface area is 128 Å². The van der Waals surface area contributed by atoms with Gasteiger partial charge in [-0.2, -0.15) is 0 Å². The summed E-state index contributed by atoms with van der Waals surface area (Å²) >= 11 is 0. The average Bonchev–Trinajstić information content (AvgIpc) is 2.72. The Morgan fingerprint density at radius 1 is 0.714 bits per heavy atom. The Hall–Kier alpha value is -0.200. The van der Waals surface area contributed by atoms with E-state index in [1.165, 1.54) is 38.5 Å². The van der Waals surface area contributed by atoms with Crippen molar-refractivity contribution >= 4 is 0 Å². The van der Waals surface area contributed by atoms with Crippen LogP contribution in [-0.4, -0.2) is 69.4 Å². The molecular weight excluding hydrogens is 270 g/mol. The van der Waals surface area contributed by atoms with Crippen LogP contribution in [0.1, 0.15) is 58.3 Å². The number of aliphatic hydroxyl groups excluding tert-OH is 4. The first-order valence-corrected chi connectivity index (χ1v) is 8.51. The molecule has 126 valence electrons. The first kappa shape index (κ1) is 18.8. The van der Waals surface area contributed by atoms with Gasteiger partial charge in [-0.1, -0.05) is 51.9 Å². The molecule has 1 heterocycles. The summed E-state index contributed by atoms with van der Waals surface area (Å²) in [6, 6.07) is -0.914. The first-order valence-electron chi connectivity index (χ1n) is 8.51. The zero-order valence-corrected chi connectivity index (χ0v) is 13.3. The van der Waals surface area contributed by atoms with Crippen LogP contribution in [0, 0.1) is 0 Å². The van der Waals surface area contributed by atoms with Gasteiger partial charge in [0.25, 0.3) is 0 Å². The Morgan fingerprint density at radius 3 is 1.57 bits per heavy atom. The van der Waals surface area contributed by atoms with Crippen molar-refractivity contribution < 1.29 is 20.4 Å². The highest BCUT2D eigenvalue weighted by molar-refractivity contribution is 5.00. The lowest BCUT2D eigenvalue weighted by Gasteiger charge is -2.28. The van der Waals surface area contributed by atoms with Crippen LogP contribution in [0.25, 0.3) is 0 Å². The van der Waals surface area contributed by atoms with Gasteiger partial charge in [0.05, 0.1) is 37.5 Å². The number of likely N-dealkylation sites (tertiary alicyclic amines) is 1. The van der Waals surface area contributed by atoms with Gasteiger partial charge < -0.3 is 20.4 Å². The minimum absolute atomic E-state index is 0.189. The molecule has 0 amide bonds. The van der Waals surface area contributed by atoms with Crippen molar-refractivity contribution in [3.63, 3.8) is 0 Å². The van der Waals surface area contributed by atoms with Crippen molar-refractivity contribution in [1.29, 1.82) is 0 Å². The summed E-state index contributed by atoms with van der Waals surface area (Å²) in [6.45, 7) is 2.55. The Morgan fingerprint density at radius 2 is 1.14 bits per heavy atom. The molecule has 0 aliphatic carbocycles. The van der Waals surface area contributed by atoms with Gasteiger partial charge in [0.15, 0.2) is 0 Å². The lowest BCUT2D eigenvalue weighted by atomic mass is 10.1. The van der Waals surface area contributed by atoms with Crippen molar-refractivity contribution in [3.8, 4) is 0 Å². The van der Waals surface area contributed by atoms with E-state index in [9.17, 15) is 20.4 Å². The highest BCUT2D eigenvalue weighted by Gasteiger charge is 2.46. The fraction of sp³-hybridized carbons (Fsp3) is 1.00. The Kier molecular flexibility index (Phi) is 9.44. The number of unbranched alkanes of at least 4 members (excludes halogenated alkanes) is 7. The van der Waals surface area contributed by atoms with Crippen LogP contribution in [0.3, 0.4) is 0 Å². The molecule has 1 aliphatic rings. The fourth-order valence-corrected chi connectivity index (χ4v) is 3.28. The standard InChI is InChI=1S/C16H33NO4/c1-2-3-4-5-6-7-8-9-10-17-13(11-18)15(20)16(21)14(17)12-19/h13-16,18-21H,2-12H2,1H3/t13-,14-,15+,16+/m1/s1. The maximum absolute atomic E-state index is 9.89. The molecule has 1 fully saturated rings. The lowest BCUT2D eigenvalue weighted by Crippen LogP contribution is -2.43. The molecule has 1 rings (SSSR count). The summed E-state index contributed by atoms with van der Waals surface area (Å²) in [6.07, 6.45) is 7.82. The van der Waals surface area contributed by atoms with Crippen LogP contribution in [0.5, 0.6) is 0 Å². The predicted molar refractivity (Wildman–Crippen MR) is 83.1 cm³/mol. The molecule has 0 radical (unpaired) electrons. The minimum atomic E-state index is -0.971. The van der Waals surface area contributed by atoms with Crippen molar-refractivity contribution in [1.82, 2.24) is 4.90 Å². The van der Waals surface area contributed by atoms with Crippen molar-refractivity contribution in [3.05, 3.63) is 0 Å². The molecule has 1 saturated heterocycles. The van der Waals surface area contributed by atoms with E-state index >= 15 is 0 Å². The summed E-state index contributed by atoms with van der Waals surface area (Å²) in [4.78, 5) is 1.87. The van der Waals surface area contributed by atoms with E-state index in [2.05, 4.69) is 6.92 Å². The van der Waals surface area contributed by atoms with Crippen molar-refractivity contribution in [2.24, 2.45) is 0 Å². The van der Waals surface area contributed by atoms with E-state index < -0.39 is 24.3 Å². The third-order valence-electron chi connectivity index (χ3n) is 4.63. The highest BCUT2D eigenvalue weighted by Crippen LogP contribution is 2.25. The predicted octanol–water partition coefficient (Wildman–Crippen LogP) is 0.886. The van der Waals surface area contributed by atoms with Gasteiger partial charge >= 0.3 is 0 Å². The highest BCUT2D eigenvalue weighted by atomic mass is 16.3. The summed E-state index contributed by atoms with van der Waals surface area (Å²) < 4.78 is 0. The Balaban J connectivity index is 2.23. The SMILES string of the molecule is CCCCCCCCCCN1[C@H](CO)[C@H](O)[C@@H](O)[C@H]1CO. The summed E-state index contributed by atoms with van der Waals surface area (Å²) in [5.74, 6) is 0. The monoisotopic (exact) mass is 303 g/mol. The minimum Gasteiger partial charge on any atom is -0.395 e.